The van der Waals surface area contributed by atoms with Crippen LogP contribution in [0.3, 0.4) is 0 Å². The van der Waals surface area contributed by atoms with Crippen LogP contribution in [0.2, 0.25) is 10.0 Å². The number of carbonyl (C=O) groups is 1. The summed E-state index contributed by atoms with van der Waals surface area (Å²) in [6.45, 7) is 2.19. The van der Waals surface area contributed by atoms with Gasteiger partial charge >= 0.3 is 0 Å². The van der Waals surface area contributed by atoms with Gasteiger partial charge in [0.15, 0.2) is 0 Å². The van der Waals surface area contributed by atoms with E-state index in [4.69, 9.17) is 23.2 Å². The van der Waals surface area contributed by atoms with Gasteiger partial charge in [0, 0.05) is 25.7 Å². The molecule has 6 heteroatoms. The van der Waals surface area contributed by atoms with Gasteiger partial charge in [0.1, 0.15) is 6.07 Å². The summed E-state index contributed by atoms with van der Waals surface area (Å²) in [5, 5.41) is 10.4. The van der Waals surface area contributed by atoms with Gasteiger partial charge in [0.25, 0.3) is 0 Å². The molecule has 2 atom stereocenters. The Morgan fingerprint density at radius 1 is 1.24 bits per heavy atom. The van der Waals surface area contributed by atoms with Gasteiger partial charge in [-0.25, -0.2) is 0 Å². The number of likely N-dealkylation sites (tertiary alicyclic amines) is 1. The predicted molar refractivity (Wildman–Crippen MR) is 117 cm³/mol. The highest BCUT2D eigenvalue weighted by Crippen LogP contribution is 2.37. The Morgan fingerprint density at radius 2 is 2.00 bits per heavy atom. The highest BCUT2D eigenvalue weighted by molar-refractivity contribution is 6.32. The van der Waals surface area contributed by atoms with Gasteiger partial charge in [0.2, 0.25) is 5.91 Å². The number of carbonyl (C=O) groups excluding carboxylic acids is 1. The van der Waals surface area contributed by atoms with Crippen LogP contribution in [-0.4, -0.2) is 49.4 Å². The largest absolute Gasteiger partial charge is 0.348 e. The highest BCUT2D eigenvalue weighted by Gasteiger charge is 2.32. The number of rotatable bonds is 6. The lowest BCUT2D eigenvalue weighted by atomic mass is 9.80. The van der Waals surface area contributed by atoms with Crippen LogP contribution in [0.15, 0.2) is 42.5 Å². The van der Waals surface area contributed by atoms with E-state index in [1.165, 1.54) is 0 Å². The molecular formula is C23H25Cl2N3O. The number of likely N-dealkylation sites (N-methyl/N-ethyl adjacent to an activating group) is 1. The van der Waals surface area contributed by atoms with E-state index in [1.807, 2.05) is 30.3 Å². The van der Waals surface area contributed by atoms with Crippen molar-refractivity contribution in [3.8, 4) is 6.07 Å². The van der Waals surface area contributed by atoms with Gasteiger partial charge in [-0.15, -0.1) is 0 Å². The van der Waals surface area contributed by atoms with E-state index >= 15 is 0 Å². The molecule has 152 valence electrons. The molecule has 0 saturated carbocycles. The Bertz CT molecular complexity index is 923. The van der Waals surface area contributed by atoms with Crippen LogP contribution in [0.5, 0.6) is 0 Å². The average molecular weight is 430 g/mol. The monoisotopic (exact) mass is 429 g/mol. The molecule has 0 spiro atoms. The fourth-order valence-electron chi connectivity index (χ4n) is 3.98. The van der Waals surface area contributed by atoms with E-state index in [-0.39, 0.29) is 11.8 Å². The van der Waals surface area contributed by atoms with Crippen molar-refractivity contribution in [2.45, 2.75) is 18.8 Å². The number of nitriles is 1. The first-order chi connectivity index (χ1) is 13.9. The van der Waals surface area contributed by atoms with Crippen molar-refractivity contribution in [3.63, 3.8) is 0 Å². The van der Waals surface area contributed by atoms with Crippen LogP contribution in [0.4, 0.5) is 0 Å². The molecule has 0 N–H and O–H groups in total. The number of hydrogen-bond acceptors (Lipinski definition) is 3. The molecule has 1 aliphatic heterocycles. The van der Waals surface area contributed by atoms with Crippen LogP contribution in [0.25, 0.3) is 0 Å². The Kier molecular flexibility index (Phi) is 7.18. The average Bonchev–Trinajstić information content (AvgIpc) is 3.15. The molecule has 1 unspecified atom stereocenters. The predicted octanol–water partition coefficient (Wildman–Crippen LogP) is 4.60. The smallest absolute Gasteiger partial charge is 0.236 e. The normalized spacial score (nSPS) is 17.7. The zero-order chi connectivity index (χ0) is 21.0. The molecule has 1 heterocycles. The standard InChI is InChI=1S/C23H25Cl2N3O/c1-27(2)23(29)15-28-10-9-19(14-28)20(11-17-5-3-4-6-21(17)24)16-7-8-18(13-26)22(25)12-16/h3-8,12,19-20H,9-11,14-15H2,1-2H3/t19-,20?/m0/s1. The third-order valence-corrected chi connectivity index (χ3v) is 6.36. The zero-order valence-electron chi connectivity index (χ0n) is 16.7. The maximum Gasteiger partial charge on any atom is 0.236 e. The van der Waals surface area contributed by atoms with Gasteiger partial charge < -0.3 is 4.90 Å². The van der Waals surface area contributed by atoms with Crippen LogP contribution >= 0.6 is 23.2 Å². The van der Waals surface area contributed by atoms with Gasteiger partial charge in [-0.3, -0.25) is 9.69 Å². The lowest BCUT2D eigenvalue weighted by molar-refractivity contribution is -0.129. The molecule has 4 nitrogen and oxygen atoms in total. The number of amides is 1. The van der Waals surface area contributed by atoms with E-state index in [0.717, 1.165) is 42.1 Å². The number of halogens is 2. The minimum absolute atomic E-state index is 0.120. The highest BCUT2D eigenvalue weighted by atomic mass is 35.5. The van der Waals surface area contributed by atoms with Crippen LogP contribution in [0, 0.1) is 17.2 Å². The summed E-state index contributed by atoms with van der Waals surface area (Å²) in [6.07, 6.45) is 1.80. The summed E-state index contributed by atoms with van der Waals surface area (Å²) < 4.78 is 0. The lowest BCUT2D eigenvalue weighted by Crippen LogP contribution is -2.35. The Balaban J connectivity index is 1.86. The van der Waals surface area contributed by atoms with Crippen LogP contribution in [0.1, 0.15) is 29.0 Å². The van der Waals surface area contributed by atoms with Gasteiger partial charge in [-0.1, -0.05) is 47.5 Å². The maximum absolute atomic E-state index is 12.1. The van der Waals surface area contributed by atoms with Crippen molar-refractivity contribution in [1.29, 1.82) is 5.26 Å². The number of hydrogen-bond donors (Lipinski definition) is 0. The molecule has 1 amide bonds. The van der Waals surface area contributed by atoms with Crippen LogP contribution in [-0.2, 0) is 11.2 Å². The Morgan fingerprint density at radius 3 is 2.66 bits per heavy atom. The summed E-state index contributed by atoms with van der Waals surface area (Å²) in [5.41, 5.74) is 2.69. The molecule has 1 saturated heterocycles. The molecular weight excluding hydrogens is 405 g/mol. The third-order valence-electron chi connectivity index (χ3n) is 5.67. The zero-order valence-corrected chi connectivity index (χ0v) is 18.2. The lowest BCUT2D eigenvalue weighted by Gasteiger charge is -2.26. The molecule has 0 radical (unpaired) electrons. The van der Waals surface area contributed by atoms with E-state index in [1.54, 1.807) is 25.1 Å². The van der Waals surface area contributed by atoms with Crippen LogP contribution < -0.4 is 0 Å². The van der Waals surface area contributed by atoms with Gasteiger partial charge in [0.05, 0.1) is 17.1 Å². The quantitative estimate of drug-likeness (QED) is 0.673. The Hall–Kier alpha value is -2.06. The molecule has 0 bridgehead atoms. The van der Waals surface area contributed by atoms with E-state index in [2.05, 4.69) is 17.0 Å². The van der Waals surface area contributed by atoms with Crippen molar-refractivity contribution < 1.29 is 4.79 Å². The molecule has 3 rings (SSSR count). The van der Waals surface area contributed by atoms with Crippen molar-refractivity contribution in [2.24, 2.45) is 5.92 Å². The van der Waals surface area contributed by atoms with Crippen molar-refractivity contribution in [3.05, 3.63) is 69.2 Å². The van der Waals surface area contributed by atoms with Gasteiger partial charge in [-0.05, 0) is 60.5 Å². The molecule has 0 aromatic heterocycles. The summed E-state index contributed by atoms with van der Waals surface area (Å²) in [5.74, 6) is 0.708. The first-order valence-corrected chi connectivity index (χ1v) is 10.5. The fourth-order valence-corrected chi connectivity index (χ4v) is 4.42. The minimum Gasteiger partial charge on any atom is -0.348 e. The second-order valence-electron chi connectivity index (χ2n) is 7.83. The van der Waals surface area contributed by atoms with Crippen molar-refractivity contribution in [1.82, 2.24) is 9.80 Å². The van der Waals surface area contributed by atoms with E-state index < -0.39 is 0 Å². The van der Waals surface area contributed by atoms with Gasteiger partial charge in [-0.2, -0.15) is 5.26 Å². The minimum atomic E-state index is 0.120. The second-order valence-corrected chi connectivity index (χ2v) is 8.64. The topological polar surface area (TPSA) is 47.3 Å². The first kappa shape index (κ1) is 21.6. The summed E-state index contributed by atoms with van der Waals surface area (Å²) in [6, 6.07) is 15.7. The molecule has 2 aromatic carbocycles. The first-order valence-electron chi connectivity index (χ1n) is 9.74. The summed E-state index contributed by atoms with van der Waals surface area (Å²) in [7, 11) is 3.57. The molecule has 29 heavy (non-hydrogen) atoms. The maximum atomic E-state index is 12.1. The van der Waals surface area contributed by atoms with Crippen molar-refractivity contribution >= 4 is 29.1 Å². The third kappa shape index (κ3) is 5.30. The molecule has 1 aliphatic rings. The van der Waals surface area contributed by atoms with E-state index in [0.29, 0.717) is 23.0 Å². The molecule has 2 aromatic rings. The Labute approximate surface area is 182 Å². The fraction of sp³-hybridized carbons (Fsp3) is 0.391. The number of benzene rings is 2. The number of nitrogens with zero attached hydrogens (tertiary/aromatic N) is 3. The summed E-state index contributed by atoms with van der Waals surface area (Å²) in [4.78, 5) is 16.0. The SMILES string of the molecule is CN(C)C(=O)CN1CC[C@H](C(Cc2ccccc2Cl)c2ccc(C#N)c(Cl)c2)C1. The molecule has 1 fully saturated rings. The molecule has 0 aliphatic carbocycles. The van der Waals surface area contributed by atoms with E-state index in [9.17, 15) is 10.1 Å². The second kappa shape index (κ2) is 9.63. The summed E-state index contributed by atoms with van der Waals surface area (Å²) >= 11 is 12.8. The van der Waals surface area contributed by atoms with Crippen molar-refractivity contribution in [2.75, 3.05) is 33.7 Å².